The van der Waals surface area contributed by atoms with E-state index >= 15 is 0 Å². The molecule has 1 aromatic rings. The molecule has 1 heterocycles. The molecule has 0 radical (unpaired) electrons. The molecule has 0 amide bonds. The number of allylic oxidation sites excluding steroid dienone is 1. The zero-order chi connectivity index (χ0) is 18.4. The highest BCUT2D eigenvalue weighted by Gasteiger charge is 2.29. The zero-order valence-electron chi connectivity index (χ0n) is 14.8. The third kappa shape index (κ3) is 3.74. The largest absolute Gasteiger partial charge is 0.490 e. The number of nitrogens with two attached hydrogens (primary N) is 1. The van der Waals surface area contributed by atoms with Gasteiger partial charge in [-0.2, -0.15) is 0 Å². The van der Waals surface area contributed by atoms with E-state index in [1.54, 1.807) is 13.3 Å². The summed E-state index contributed by atoms with van der Waals surface area (Å²) in [5.74, 6) is 0.294. The summed E-state index contributed by atoms with van der Waals surface area (Å²) in [5.41, 5.74) is 8.70. The number of nitro benzene ring substituents is 1. The van der Waals surface area contributed by atoms with Crippen molar-refractivity contribution >= 4 is 23.2 Å². The van der Waals surface area contributed by atoms with Crippen LogP contribution in [-0.2, 0) is 11.2 Å². The smallest absolute Gasteiger partial charge is 0.311 e. The molecule has 1 fully saturated rings. The van der Waals surface area contributed by atoms with E-state index in [4.69, 9.17) is 15.2 Å². The fourth-order valence-electron chi connectivity index (χ4n) is 3.10. The molecule has 25 heavy (non-hydrogen) atoms. The lowest BCUT2D eigenvalue weighted by molar-refractivity contribution is -0.385. The lowest BCUT2D eigenvalue weighted by Gasteiger charge is -2.33. The Balaban J connectivity index is 2.81. The number of hydrogen-bond donors (Lipinski definition) is 1. The molecule has 8 heteroatoms. The SMILES string of the molecule is CCc1c(OC)c([N+](=O)[O-])cc(C(C=NC)=CN)c1N1CCOCC1. The molecule has 0 aromatic heterocycles. The molecule has 2 N–H and O–H groups in total. The summed E-state index contributed by atoms with van der Waals surface area (Å²) < 4.78 is 10.8. The second-order valence-electron chi connectivity index (χ2n) is 5.52. The predicted octanol–water partition coefficient (Wildman–Crippen LogP) is 2.00. The van der Waals surface area contributed by atoms with Crippen LogP contribution >= 0.6 is 0 Å². The first kappa shape index (κ1) is 18.7. The van der Waals surface area contributed by atoms with Crippen LogP contribution in [0.1, 0.15) is 18.1 Å². The molecule has 1 aliphatic heterocycles. The van der Waals surface area contributed by atoms with Crippen molar-refractivity contribution in [2.75, 3.05) is 45.4 Å². The monoisotopic (exact) mass is 348 g/mol. The van der Waals surface area contributed by atoms with Gasteiger partial charge in [-0.1, -0.05) is 6.92 Å². The molecule has 1 aromatic carbocycles. The van der Waals surface area contributed by atoms with Crippen LogP contribution in [0.15, 0.2) is 17.3 Å². The van der Waals surface area contributed by atoms with Gasteiger partial charge in [0.15, 0.2) is 0 Å². The summed E-state index contributed by atoms with van der Waals surface area (Å²) in [7, 11) is 3.09. The van der Waals surface area contributed by atoms with Crippen molar-refractivity contribution < 1.29 is 14.4 Å². The van der Waals surface area contributed by atoms with E-state index in [1.807, 2.05) is 6.92 Å². The Morgan fingerprint density at radius 1 is 1.52 bits per heavy atom. The van der Waals surface area contributed by atoms with Gasteiger partial charge in [-0.05, 0) is 6.42 Å². The van der Waals surface area contributed by atoms with Gasteiger partial charge < -0.3 is 20.1 Å². The van der Waals surface area contributed by atoms with E-state index in [1.165, 1.54) is 19.4 Å². The summed E-state index contributed by atoms with van der Waals surface area (Å²) in [5, 5.41) is 11.6. The summed E-state index contributed by atoms with van der Waals surface area (Å²) in [6.07, 6.45) is 3.61. The van der Waals surface area contributed by atoms with Crippen LogP contribution in [0.5, 0.6) is 5.75 Å². The van der Waals surface area contributed by atoms with Gasteiger partial charge in [-0.3, -0.25) is 15.1 Å². The Hall–Kier alpha value is -2.61. The predicted molar refractivity (Wildman–Crippen MR) is 98.6 cm³/mol. The normalized spacial score (nSPS) is 15.6. The minimum Gasteiger partial charge on any atom is -0.490 e. The van der Waals surface area contributed by atoms with E-state index in [9.17, 15) is 10.1 Å². The Morgan fingerprint density at radius 2 is 2.20 bits per heavy atom. The lowest BCUT2D eigenvalue weighted by atomic mass is 9.96. The van der Waals surface area contributed by atoms with Crippen LogP contribution < -0.4 is 15.4 Å². The molecule has 0 bridgehead atoms. The van der Waals surface area contributed by atoms with Gasteiger partial charge in [0, 0.05) is 55.3 Å². The van der Waals surface area contributed by atoms with Gasteiger partial charge in [0.1, 0.15) is 0 Å². The highest BCUT2D eigenvalue weighted by Crippen LogP contribution is 2.43. The third-order valence-corrected chi connectivity index (χ3v) is 4.17. The maximum atomic E-state index is 11.6. The number of methoxy groups -OCH3 is 1. The molecule has 0 spiro atoms. The van der Waals surface area contributed by atoms with Gasteiger partial charge in [0.2, 0.25) is 5.75 Å². The minimum atomic E-state index is -0.429. The number of benzene rings is 1. The number of morpholine rings is 1. The molecule has 0 saturated carbocycles. The number of rotatable bonds is 6. The van der Waals surface area contributed by atoms with Crippen molar-refractivity contribution in [3.05, 3.63) is 33.5 Å². The Bertz CT molecular complexity index is 694. The average Bonchev–Trinajstić information content (AvgIpc) is 2.64. The molecular weight excluding hydrogens is 324 g/mol. The lowest BCUT2D eigenvalue weighted by Crippen LogP contribution is -2.37. The van der Waals surface area contributed by atoms with Crippen molar-refractivity contribution in [3.63, 3.8) is 0 Å². The first-order valence-electron chi connectivity index (χ1n) is 8.14. The van der Waals surface area contributed by atoms with Gasteiger partial charge in [0.05, 0.1) is 30.9 Å². The summed E-state index contributed by atoms with van der Waals surface area (Å²) >= 11 is 0. The van der Waals surface area contributed by atoms with Crippen molar-refractivity contribution in [2.45, 2.75) is 13.3 Å². The average molecular weight is 348 g/mol. The molecule has 1 saturated heterocycles. The molecule has 2 rings (SSSR count). The first-order valence-corrected chi connectivity index (χ1v) is 8.14. The van der Waals surface area contributed by atoms with Crippen molar-refractivity contribution in [3.8, 4) is 5.75 Å². The molecule has 8 nitrogen and oxygen atoms in total. The number of ether oxygens (including phenoxy) is 2. The maximum Gasteiger partial charge on any atom is 0.311 e. The second kappa shape index (κ2) is 8.48. The van der Waals surface area contributed by atoms with Crippen LogP contribution in [0.3, 0.4) is 0 Å². The Labute approximate surface area is 147 Å². The molecule has 0 atom stereocenters. The number of hydrogen-bond acceptors (Lipinski definition) is 7. The van der Waals surface area contributed by atoms with Crippen LogP contribution in [0, 0.1) is 10.1 Å². The number of anilines is 1. The first-order chi connectivity index (χ1) is 12.1. The van der Waals surface area contributed by atoms with Gasteiger partial charge in [-0.25, -0.2) is 0 Å². The van der Waals surface area contributed by atoms with Crippen LogP contribution in [0.4, 0.5) is 11.4 Å². The number of nitrogens with zero attached hydrogens (tertiary/aromatic N) is 3. The third-order valence-electron chi connectivity index (χ3n) is 4.17. The topological polar surface area (TPSA) is 103 Å². The van der Waals surface area contributed by atoms with Gasteiger partial charge >= 0.3 is 5.69 Å². The van der Waals surface area contributed by atoms with E-state index in [2.05, 4.69) is 9.89 Å². The molecule has 136 valence electrons. The van der Waals surface area contributed by atoms with Gasteiger partial charge in [0.25, 0.3) is 0 Å². The Kier molecular flexibility index (Phi) is 6.35. The number of aliphatic imine (C=N–C) groups is 1. The second-order valence-corrected chi connectivity index (χ2v) is 5.52. The Morgan fingerprint density at radius 3 is 2.68 bits per heavy atom. The van der Waals surface area contributed by atoms with Crippen molar-refractivity contribution in [1.82, 2.24) is 0 Å². The molecule has 0 unspecified atom stereocenters. The highest BCUT2D eigenvalue weighted by molar-refractivity contribution is 6.12. The van der Waals surface area contributed by atoms with Crippen molar-refractivity contribution in [1.29, 1.82) is 0 Å². The van der Waals surface area contributed by atoms with E-state index < -0.39 is 4.92 Å². The summed E-state index contributed by atoms with van der Waals surface area (Å²) in [6.45, 7) is 4.55. The number of nitro groups is 1. The standard InChI is InChI=1S/C17H24N4O4/c1-4-13-16(20-5-7-25-8-6-20)14(12(10-18)11-19-2)9-15(21(22)23)17(13)24-3/h9-11H,4-8,18H2,1-3H3. The minimum absolute atomic E-state index is 0.0739. The van der Waals surface area contributed by atoms with Crippen molar-refractivity contribution in [2.24, 2.45) is 10.7 Å². The highest BCUT2D eigenvalue weighted by atomic mass is 16.6. The zero-order valence-corrected chi connectivity index (χ0v) is 14.8. The van der Waals surface area contributed by atoms with Gasteiger partial charge in [-0.15, -0.1) is 0 Å². The fraction of sp³-hybridized carbons (Fsp3) is 0.471. The molecule has 1 aliphatic rings. The summed E-state index contributed by atoms with van der Waals surface area (Å²) in [4.78, 5) is 17.3. The maximum absolute atomic E-state index is 11.6. The molecular formula is C17H24N4O4. The van der Waals surface area contributed by atoms with E-state index in [-0.39, 0.29) is 5.69 Å². The fourth-order valence-corrected chi connectivity index (χ4v) is 3.10. The van der Waals surface area contributed by atoms with E-state index in [0.29, 0.717) is 49.6 Å². The molecule has 0 aliphatic carbocycles. The van der Waals surface area contributed by atoms with E-state index in [0.717, 1.165) is 11.3 Å². The quantitative estimate of drug-likeness (QED) is 0.479. The summed E-state index contributed by atoms with van der Waals surface area (Å²) in [6, 6.07) is 1.52. The van der Waals surface area contributed by atoms with Crippen LogP contribution in [-0.4, -0.2) is 51.6 Å². The van der Waals surface area contributed by atoms with Crippen LogP contribution in [0.25, 0.3) is 5.57 Å². The van der Waals surface area contributed by atoms with Crippen LogP contribution in [0.2, 0.25) is 0 Å².